The van der Waals surface area contributed by atoms with Gasteiger partial charge in [0, 0.05) is 17.8 Å². The minimum Gasteiger partial charge on any atom is -0.251 e. The van der Waals surface area contributed by atoms with Gasteiger partial charge in [-0.1, -0.05) is 6.92 Å². The van der Waals surface area contributed by atoms with Gasteiger partial charge in [-0.2, -0.15) is 23.4 Å². The summed E-state index contributed by atoms with van der Waals surface area (Å²) in [6.07, 6.45) is 0.422. The normalized spacial score (nSPS) is 12.6. The predicted molar refractivity (Wildman–Crippen MR) is 94.3 cm³/mol. The van der Waals surface area contributed by atoms with Gasteiger partial charge < -0.3 is 0 Å². The lowest BCUT2D eigenvalue weighted by molar-refractivity contribution is -0.141. The van der Waals surface area contributed by atoms with Crippen LogP contribution in [0.15, 0.2) is 48.1 Å². The quantitative estimate of drug-likeness (QED) is 0.495. The van der Waals surface area contributed by atoms with Crippen LogP contribution in [-0.4, -0.2) is 48.7 Å². The van der Waals surface area contributed by atoms with Crippen LogP contribution < -0.4 is 0 Å². The molecule has 0 radical (unpaired) electrons. The lowest BCUT2D eigenvalue weighted by atomic mass is 10.3. The summed E-state index contributed by atoms with van der Waals surface area (Å²) < 4.78 is 66.2. The van der Waals surface area contributed by atoms with E-state index in [1.165, 1.54) is 42.6 Å². The molecule has 0 saturated heterocycles. The average Bonchev–Trinajstić information content (AvgIpc) is 3.36. The molecule has 0 aliphatic carbocycles. The lowest BCUT2D eigenvalue weighted by Crippen LogP contribution is -2.13. The van der Waals surface area contributed by atoms with Crippen LogP contribution >= 0.6 is 0 Å². The van der Waals surface area contributed by atoms with Crippen LogP contribution in [-0.2, 0) is 16.0 Å². The Kier molecular flexibility index (Phi) is 4.33. The zero-order valence-electron chi connectivity index (χ0n) is 14.7. The first-order valence-corrected chi connectivity index (χ1v) is 9.86. The molecule has 29 heavy (non-hydrogen) atoms. The number of hydrogen-bond acceptors (Lipinski definition) is 7. The van der Waals surface area contributed by atoms with Crippen molar-refractivity contribution in [2.75, 3.05) is 5.75 Å². The zero-order chi connectivity index (χ0) is 20.8. The van der Waals surface area contributed by atoms with E-state index < -0.39 is 21.7 Å². The third kappa shape index (κ3) is 3.44. The number of hydrogen-bond donors (Lipinski definition) is 0. The van der Waals surface area contributed by atoms with E-state index in [4.69, 9.17) is 0 Å². The highest BCUT2D eigenvalue weighted by atomic mass is 32.2. The molecular formula is C16H12F3N7O2S. The number of rotatable bonds is 4. The molecule has 0 fully saturated rings. The van der Waals surface area contributed by atoms with E-state index in [0.717, 1.165) is 16.9 Å². The summed E-state index contributed by atoms with van der Waals surface area (Å²) >= 11 is 0. The molecule has 0 aromatic carbocycles. The molecule has 0 aliphatic rings. The van der Waals surface area contributed by atoms with Crippen molar-refractivity contribution in [3.8, 4) is 11.6 Å². The predicted octanol–water partition coefficient (Wildman–Crippen LogP) is 2.21. The smallest absolute Gasteiger partial charge is 0.251 e. The molecule has 0 aliphatic heterocycles. The van der Waals surface area contributed by atoms with E-state index in [1.54, 1.807) is 0 Å². The maximum absolute atomic E-state index is 12.9. The second-order valence-corrected chi connectivity index (χ2v) is 8.18. The van der Waals surface area contributed by atoms with Crippen molar-refractivity contribution in [1.29, 1.82) is 0 Å². The third-order valence-corrected chi connectivity index (χ3v) is 5.84. The van der Waals surface area contributed by atoms with Crippen LogP contribution in [0.1, 0.15) is 12.6 Å². The Morgan fingerprint density at radius 1 is 1.17 bits per heavy atom. The number of fused-ring (bicyclic) bond motifs is 1. The second-order valence-electron chi connectivity index (χ2n) is 5.93. The van der Waals surface area contributed by atoms with Crippen LogP contribution in [0, 0.1) is 0 Å². The number of nitrogens with zero attached hydrogens (tertiary/aromatic N) is 7. The van der Waals surface area contributed by atoms with Gasteiger partial charge in [0.25, 0.3) is 0 Å². The highest BCUT2D eigenvalue weighted by molar-refractivity contribution is 7.91. The fourth-order valence-corrected chi connectivity index (χ4v) is 3.63. The van der Waals surface area contributed by atoms with E-state index in [0.29, 0.717) is 5.39 Å². The molecule has 0 bridgehead atoms. The van der Waals surface area contributed by atoms with Gasteiger partial charge in [0.05, 0.1) is 11.3 Å². The summed E-state index contributed by atoms with van der Waals surface area (Å²) in [5, 5.41) is 8.33. The van der Waals surface area contributed by atoms with Gasteiger partial charge in [-0.25, -0.2) is 27.7 Å². The van der Waals surface area contributed by atoms with Crippen LogP contribution in [0.5, 0.6) is 0 Å². The van der Waals surface area contributed by atoms with Crippen molar-refractivity contribution in [2.24, 2.45) is 0 Å². The van der Waals surface area contributed by atoms with Crippen molar-refractivity contribution < 1.29 is 21.6 Å². The van der Waals surface area contributed by atoms with E-state index in [1.807, 2.05) is 0 Å². The largest absolute Gasteiger partial charge is 0.433 e. The first-order chi connectivity index (χ1) is 13.7. The van der Waals surface area contributed by atoms with Crippen molar-refractivity contribution in [3.05, 3.63) is 48.9 Å². The zero-order valence-corrected chi connectivity index (χ0v) is 15.6. The van der Waals surface area contributed by atoms with Gasteiger partial charge >= 0.3 is 6.18 Å². The fraction of sp³-hybridized carbons (Fsp3) is 0.188. The number of sulfone groups is 1. The molecular weight excluding hydrogens is 411 g/mol. The maximum Gasteiger partial charge on any atom is 0.433 e. The summed E-state index contributed by atoms with van der Waals surface area (Å²) in [6, 6.07) is 3.60. The molecule has 0 spiro atoms. The summed E-state index contributed by atoms with van der Waals surface area (Å²) in [5.41, 5.74) is -1.10. The second kappa shape index (κ2) is 6.62. The molecule has 4 aromatic rings. The van der Waals surface area contributed by atoms with Crippen LogP contribution in [0.25, 0.3) is 22.5 Å². The van der Waals surface area contributed by atoms with Gasteiger partial charge in [0.15, 0.2) is 21.5 Å². The SMILES string of the molecule is CCS(=O)(=O)c1ccc(-n2cncn2)nc1-n1cc2cnc(C(F)(F)F)cc2n1. The maximum atomic E-state index is 12.9. The molecule has 150 valence electrons. The van der Waals surface area contributed by atoms with Gasteiger partial charge in [-0.3, -0.25) is 4.98 Å². The summed E-state index contributed by atoms with van der Waals surface area (Å²) in [6.45, 7) is 1.48. The van der Waals surface area contributed by atoms with Crippen LogP contribution in [0.4, 0.5) is 13.2 Å². The van der Waals surface area contributed by atoms with Crippen LogP contribution in [0.3, 0.4) is 0 Å². The topological polar surface area (TPSA) is 108 Å². The Hall–Kier alpha value is -3.35. The standard InChI is InChI=1S/C16H12F3N7O2S/c1-2-29(27,28)12-3-4-14(26-9-20-8-22-26)23-15(12)25-7-10-6-21-13(16(17,18)19)5-11(10)24-25/h3-9H,2H2,1H3. The summed E-state index contributed by atoms with van der Waals surface area (Å²) in [7, 11) is -3.70. The summed E-state index contributed by atoms with van der Waals surface area (Å²) in [4.78, 5) is 11.4. The molecule has 4 heterocycles. The summed E-state index contributed by atoms with van der Waals surface area (Å²) in [5.74, 6) is 0.0103. The van der Waals surface area contributed by atoms with Crippen molar-refractivity contribution >= 4 is 20.7 Å². The Morgan fingerprint density at radius 3 is 2.62 bits per heavy atom. The van der Waals surface area contributed by atoms with Gasteiger partial charge in [0.1, 0.15) is 23.2 Å². The minimum atomic E-state index is -4.63. The number of pyridine rings is 2. The molecule has 0 unspecified atom stereocenters. The monoisotopic (exact) mass is 423 g/mol. The highest BCUT2D eigenvalue weighted by Crippen LogP contribution is 2.30. The number of aromatic nitrogens is 7. The van der Waals surface area contributed by atoms with Gasteiger partial charge in [-0.15, -0.1) is 0 Å². The first-order valence-electron chi connectivity index (χ1n) is 8.21. The number of alkyl halides is 3. The Morgan fingerprint density at radius 2 is 1.97 bits per heavy atom. The molecule has 13 heteroatoms. The molecule has 4 aromatic heterocycles. The minimum absolute atomic E-state index is 0.000121. The molecule has 0 amide bonds. The van der Waals surface area contributed by atoms with Crippen molar-refractivity contribution in [2.45, 2.75) is 18.0 Å². The molecule has 0 atom stereocenters. The average molecular weight is 423 g/mol. The van der Waals surface area contributed by atoms with Crippen LogP contribution in [0.2, 0.25) is 0 Å². The molecule has 9 nitrogen and oxygen atoms in total. The van der Waals surface area contributed by atoms with E-state index in [-0.39, 0.29) is 27.8 Å². The van der Waals surface area contributed by atoms with E-state index in [2.05, 4.69) is 25.1 Å². The van der Waals surface area contributed by atoms with Gasteiger partial charge in [0.2, 0.25) is 0 Å². The molecule has 0 N–H and O–H groups in total. The fourth-order valence-electron chi connectivity index (χ4n) is 2.62. The van der Waals surface area contributed by atoms with E-state index in [9.17, 15) is 21.6 Å². The third-order valence-electron chi connectivity index (χ3n) is 4.09. The van der Waals surface area contributed by atoms with Crippen molar-refractivity contribution in [3.63, 3.8) is 0 Å². The number of halogens is 3. The first kappa shape index (κ1) is 19.0. The van der Waals surface area contributed by atoms with E-state index >= 15 is 0 Å². The molecule has 4 rings (SSSR count). The Balaban J connectivity index is 1.93. The lowest BCUT2D eigenvalue weighted by Gasteiger charge is -2.10. The Labute approximate surface area is 161 Å². The van der Waals surface area contributed by atoms with Gasteiger partial charge in [-0.05, 0) is 18.2 Å². The highest BCUT2D eigenvalue weighted by Gasteiger charge is 2.33. The molecule has 0 saturated carbocycles. The van der Waals surface area contributed by atoms with Crippen molar-refractivity contribution in [1.82, 2.24) is 34.5 Å². The Bertz CT molecular complexity index is 1300.